The Balaban J connectivity index is 2.57. The fraction of sp³-hybridized carbons (Fsp3) is 0.333. The Morgan fingerprint density at radius 3 is 2.69 bits per heavy atom. The monoisotopic (exact) mass is 180 g/mol. The molecule has 0 aromatic heterocycles. The zero-order valence-corrected chi connectivity index (χ0v) is 7.51. The van der Waals surface area contributed by atoms with Gasteiger partial charge in [0, 0.05) is 12.1 Å². The number of nitrogens with zero attached hydrogens (tertiary/aromatic N) is 2. The largest absolute Gasteiger partial charge is 0.592 e. The van der Waals surface area contributed by atoms with E-state index in [0.29, 0.717) is 17.2 Å². The van der Waals surface area contributed by atoms with Crippen LogP contribution in [-0.2, 0) is 4.84 Å². The first kappa shape index (κ1) is 9.51. The molecule has 0 fully saturated rings. The van der Waals surface area contributed by atoms with Gasteiger partial charge in [0.1, 0.15) is 6.61 Å². The Morgan fingerprint density at radius 1 is 1.38 bits per heavy atom. The number of para-hydroxylation sites is 1. The van der Waals surface area contributed by atoms with Gasteiger partial charge in [-0.2, -0.15) is 0 Å². The molecule has 0 aliphatic carbocycles. The first-order valence-corrected chi connectivity index (χ1v) is 4.20. The van der Waals surface area contributed by atoms with E-state index in [1.807, 2.05) is 13.0 Å². The highest BCUT2D eigenvalue weighted by atomic mass is 16.7. The van der Waals surface area contributed by atoms with Crippen LogP contribution in [0.3, 0.4) is 0 Å². The lowest BCUT2D eigenvalue weighted by atomic mass is 10.3. The number of rotatable bonds is 4. The fourth-order valence-electron chi connectivity index (χ4n) is 0.787. The molecule has 0 saturated heterocycles. The molecule has 1 aromatic carbocycles. The zero-order chi connectivity index (χ0) is 9.52. The van der Waals surface area contributed by atoms with Crippen LogP contribution in [0.25, 0.3) is 0 Å². The van der Waals surface area contributed by atoms with Gasteiger partial charge < -0.3 is 10.0 Å². The van der Waals surface area contributed by atoms with Crippen molar-refractivity contribution in [2.24, 2.45) is 5.28 Å². The Hall–Kier alpha value is -1.58. The van der Waals surface area contributed by atoms with Crippen molar-refractivity contribution in [1.82, 2.24) is 0 Å². The van der Waals surface area contributed by atoms with Gasteiger partial charge in [-0.15, -0.1) is 0 Å². The molecule has 13 heavy (non-hydrogen) atoms. The quantitative estimate of drug-likeness (QED) is 0.309. The average Bonchev–Trinajstić information content (AvgIpc) is 2.19. The Kier molecular flexibility index (Phi) is 3.75. The standard InChI is InChI=1S/C9H12N2O2/c1-2-8-13-10-11(12)9-6-4-3-5-7-9/h3-7H,2,8H2,1H3/b11-10-. The molecule has 1 rings (SSSR count). The third-order valence-electron chi connectivity index (χ3n) is 1.40. The summed E-state index contributed by atoms with van der Waals surface area (Å²) in [4.78, 5) is 5.21. The van der Waals surface area contributed by atoms with E-state index in [9.17, 15) is 5.21 Å². The van der Waals surface area contributed by atoms with Crippen LogP contribution in [-0.4, -0.2) is 11.5 Å². The number of hydrogen-bond acceptors (Lipinski definition) is 3. The summed E-state index contributed by atoms with van der Waals surface area (Å²) in [5.41, 5.74) is 0.471. The molecular weight excluding hydrogens is 168 g/mol. The minimum atomic E-state index is 0.464. The van der Waals surface area contributed by atoms with Gasteiger partial charge >= 0.3 is 0 Å². The van der Waals surface area contributed by atoms with Crippen molar-refractivity contribution in [3.63, 3.8) is 0 Å². The molecule has 0 radical (unpaired) electrons. The minimum Gasteiger partial charge on any atom is -0.592 e. The predicted molar refractivity (Wildman–Crippen MR) is 48.4 cm³/mol. The van der Waals surface area contributed by atoms with Crippen molar-refractivity contribution in [2.45, 2.75) is 13.3 Å². The number of benzene rings is 1. The summed E-state index contributed by atoms with van der Waals surface area (Å²) < 4.78 is 0. The summed E-state index contributed by atoms with van der Waals surface area (Å²) >= 11 is 0. The van der Waals surface area contributed by atoms with Crippen molar-refractivity contribution in [2.75, 3.05) is 6.61 Å². The Morgan fingerprint density at radius 2 is 2.08 bits per heavy atom. The summed E-state index contributed by atoms with van der Waals surface area (Å²) in [5, 5.41) is 14.5. The molecule has 0 aliphatic heterocycles. The molecule has 4 heteroatoms. The van der Waals surface area contributed by atoms with Gasteiger partial charge in [-0.1, -0.05) is 25.1 Å². The molecule has 0 spiro atoms. The van der Waals surface area contributed by atoms with Crippen LogP contribution in [0.4, 0.5) is 5.69 Å². The Bertz CT molecular complexity index is 272. The maximum Gasteiger partial charge on any atom is 0.248 e. The van der Waals surface area contributed by atoms with Gasteiger partial charge in [-0.05, 0) is 11.3 Å². The van der Waals surface area contributed by atoms with Crippen molar-refractivity contribution in [3.05, 3.63) is 35.5 Å². The molecule has 1 aromatic rings. The van der Waals surface area contributed by atoms with Crippen molar-refractivity contribution < 1.29 is 9.70 Å². The van der Waals surface area contributed by atoms with Crippen LogP contribution in [0.5, 0.6) is 0 Å². The summed E-state index contributed by atoms with van der Waals surface area (Å²) in [7, 11) is 0. The number of hydrogen-bond donors (Lipinski definition) is 0. The maximum absolute atomic E-state index is 11.1. The first-order chi connectivity index (χ1) is 6.34. The lowest BCUT2D eigenvalue weighted by molar-refractivity contribution is -0.478. The van der Waals surface area contributed by atoms with Crippen LogP contribution in [0.1, 0.15) is 13.3 Å². The van der Waals surface area contributed by atoms with Crippen LogP contribution in [0.15, 0.2) is 35.6 Å². The summed E-state index contributed by atoms with van der Waals surface area (Å²) in [6.07, 6.45) is 0.839. The highest BCUT2D eigenvalue weighted by molar-refractivity contribution is 5.27. The van der Waals surface area contributed by atoms with Gasteiger partial charge in [0.15, 0.2) is 0 Å². The summed E-state index contributed by atoms with van der Waals surface area (Å²) in [6, 6.07) is 8.73. The van der Waals surface area contributed by atoms with E-state index < -0.39 is 0 Å². The fourth-order valence-corrected chi connectivity index (χ4v) is 0.787. The van der Waals surface area contributed by atoms with Gasteiger partial charge in [0.05, 0.1) is 0 Å². The molecule has 0 amide bonds. The normalized spacial score (nSPS) is 11.3. The zero-order valence-electron chi connectivity index (χ0n) is 7.51. The molecule has 4 nitrogen and oxygen atoms in total. The summed E-state index contributed by atoms with van der Waals surface area (Å²) in [6.45, 7) is 2.42. The predicted octanol–water partition coefficient (Wildman–Crippen LogP) is 2.62. The molecule has 0 bridgehead atoms. The van der Waals surface area contributed by atoms with Crippen molar-refractivity contribution in [3.8, 4) is 0 Å². The van der Waals surface area contributed by atoms with E-state index in [0.717, 1.165) is 6.42 Å². The molecule has 0 heterocycles. The molecule has 0 N–H and O–H groups in total. The van der Waals surface area contributed by atoms with Gasteiger partial charge in [-0.3, -0.25) is 0 Å². The summed E-state index contributed by atoms with van der Waals surface area (Å²) in [5.74, 6) is 0. The Labute approximate surface area is 77.0 Å². The van der Waals surface area contributed by atoms with E-state index in [1.165, 1.54) is 0 Å². The lowest BCUT2D eigenvalue weighted by Crippen LogP contribution is -1.94. The molecule has 70 valence electrons. The molecular formula is C9H12N2O2. The highest BCUT2D eigenvalue weighted by Gasteiger charge is 2.00. The maximum atomic E-state index is 11.1. The minimum absolute atomic E-state index is 0.464. The van der Waals surface area contributed by atoms with E-state index in [1.54, 1.807) is 24.3 Å². The van der Waals surface area contributed by atoms with Crippen molar-refractivity contribution in [1.29, 1.82) is 0 Å². The topological polar surface area (TPSA) is 47.7 Å². The molecule has 0 aliphatic rings. The second-order valence-corrected chi connectivity index (χ2v) is 2.52. The molecule has 0 unspecified atom stereocenters. The third-order valence-corrected chi connectivity index (χ3v) is 1.40. The SMILES string of the molecule is CCCO/N=[N+](\[O-])c1ccccc1. The van der Waals surface area contributed by atoms with Crippen LogP contribution in [0.2, 0.25) is 0 Å². The highest BCUT2D eigenvalue weighted by Crippen LogP contribution is 2.09. The van der Waals surface area contributed by atoms with E-state index in [4.69, 9.17) is 4.84 Å². The second kappa shape index (κ2) is 5.13. The van der Waals surface area contributed by atoms with E-state index in [2.05, 4.69) is 5.28 Å². The first-order valence-electron chi connectivity index (χ1n) is 4.20. The molecule has 0 atom stereocenters. The van der Waals surface area contributed by atoms with Gasteiger partial charge in [0.25, 0.3) is 0 Å². The van der Waals surface area contributed by atoms with Crippen LogP contribution in [0, 0.1) is 5.21 Å². The van der Waals surface area contributed by atoms with E-state index >= 15 is 0 Å². The van der Waals surface area contributed by atoms with Crippen molar-refractivity contribution >= 4 is 5.69 Å². The smallest absolute Gasteiger partial charge is 0.248 e. The second-order valence-electron chi connectivity index (χ2n) is 2.52. The van der Waals surface area contributed by atoms with Crippen LogP contribution >= 0.6 is 0 Å². The third kappa shape index (κ3) is 3.11. The lowest BCUT2D eigenvalue weighted by Gasteiger charge is -1.97. The molecule has 0 saturated carbocycles. The van der Waals surface area contributed by atoms with Gasteiger partial charge in [0.2, 0.25) is 11.0 Å². The van der Waals surface area contributed by atoms with Gasteiger partial charge in [-0.25, -0.2) is 0 Å². The van der Waals surface area contributed by atoms with Crippen LogP contribution < -0.4 is 0 Å². The van der Waals surface area contributed by atoms with E-state index in [-0.39, 0.29) is 0 Å². The average molecular weight is 180 g/mol.